The summed E-state index contributed by atoms with van der Waals surface area (Å²) >= 11 is 0. The minimum Gasteiger partial charge on any atom is -0.370 e. The molecule has 1 amide bonds. The van der Waals surface area contributed by atoms with Gasteiger partial charge in [-0.05, 0) is 42.8 Å². The summed E-state index contributed by atoms with van der Waals surface area (Å²) in [6.07, 6.45) is 4.87. The summed E-state index contributed by atoms with van der Waals surface area (Å²) in [5.74, 6) is -0.000924. The van der Waals surface area contributed by atoms with Crippen LogP contribution in [-0.2, 0) is 4.74 Å². The van der Waals surface area contributed by atoms with E-state index in [0.29, 0.717) is 25.3 Å². The summed E-state index contributed by atoms with van der Waals surface area (Å²) in [6.45, 7) is 3.57. The Labute approximate surface area is 151 Å². The maximum Gasteiger partial charge on any atom is 0.254 e. The lowest BCUT2D eigenvalue weighted by atomic mass is 10.1. The Morgan fingerprint density at radius 2 is 2.04 bits per heavy atom. The SMILES string of the molecule is Cc1cc([C@H]2CN(C(=O)c3cccc(-n4cnnc4)c3)CCO2)ccn1. The fourth-order valence-electron chi connectivity index (χ4n) is 3.12. The third-order valence-corrected chi connectivity index (χ3v) is 4.46. The van der Waals surface area contributed by atoms with E-state index in [0.717, 1.165) is 16.9 Å². The molecule has 132 valence electrons. The molecule has 1 saturated heterocycles. The number of rotatable bonds is 3. The van der Waals surface area contributed by atoms with Crippen molar-refractivity contribution >= 4 is 5.91 Å². The number of pyridine rings is 1. The van der Waals surface area contributed by atoms with Gasteiger partial charge in [0.1, 0.15) is 18.8 Å². The van der Waals surface area contributed by atoms with Crippen molar-refractivity contribution < 1.29 is 9.53 Å². The minimum absolute atomic E-state index is 0.000924. The zero-order valence-corrected chi connectivity index (χ0v) is 14.4. The average molecular weight is 349 g/mol. The molecular weight excluding hydrogens is 330 g/mol. The van der Waals surface area contributed by atoms with Crippen LogP contribution in [-0.4, -0.2) is 50.3 Å². The summed E-state index contributed by atoms with van der Waals surface area (Å²) in [5.41, 5.74) is 3.49. The van der Waals surface area contributed by atoms with Gasteiger partial charge in [0.2, 0.25) is 0 Å². The second-order valence-electron chi connectivity index (χ2n) is 6.26. The monoisotopic (exact) mass is 349 g/mol. The van der Waals surface area contributed by atoms with Gasteiger partial charge in [-0.25, -0.2) is 0 Å². The first kappa shape index (κ1) is 16.4. The minimum atomic E-state index is -0.129. The Bertz CT molecular complexity index is 910. The smallest absolute Gasteiger partial charge is 0.254 e. The molecule has 1 aliphatic rings. The van der Waals surface area contributed by atoms with E-state index < -0.39 is 0 Å². The number of hydrogen-bond acceptors (Lipinski definition) is 5. The molecule has 4 rings (SSSR count). The van der Waals surface area contributed by atoms with Crippen molar-refractivity contribution in [1.29, 1.82) is 0 Å². The molecule has 0 bridgehead atoms. The number of hydrogen-bond donors (Lipinski definition) is 0. The number of aromatic nitrogens is 4. The molecular formula is C19H19N5O2. The molecule has 7 heteroatoms. The highest BCUT2D eigenvalue weighted by atomic mass is 16.5. The van der Waals surface area contributed by atoms with Crippen LogP contribution in [0, 0.1) is 6.92 Å². The van der Waals surface area contributed by atoms with Crippen molar-refractivity contribution in [2.45, 2.75) is 13.0 Å². The van der Waals surface area contributed by atoms with Gasteiger partial charge in [0.15, 0.2) is 0 Å². The van der Waals surface area contributed by atoms with Gasteiger partial charge in [0, 0.05) is 29.7 Å². The summed E-state index contributed by atoms with van der Waals surface area (Å²) < 4.78 is 7.65. The predicted molar refractivity (Wildman–Crippen MR) is 94.9 cm³/mol. The van der Waals surface area contributed by atoms with Crippen LogP contribution >= 0.6 is 0 Å². The van der Waals surface area contributed by atoms with Crippen LogP contribution in [0.1, 0.15) is 27.7 Å². The topological polar surface area (TPSA) is 73.1 Å². The first-order valence-corrected chi connectivity index (χ1v) is 8.49. The average Bonchev–Trinajstić information content (AvgIpc) is 3.22. The number of aryl methyl sites for hydroxylation is 1. The summed E-state index contributed by atoms with van der Waals surface area (Å²) in [6, 6.07) is 11.4. The molecule has 1 aromatic carbocycles. The lowest BCUT2D eigenvalue weighted by Gasteiger charge is -2.33. The normalized spacial score (nSPS) is 17.3. The van der Waals surface area contributed by atoms with Gasteiger partial charge >= 0.3 is 0 Å². The lowest BCUT2D eigenvalue weighted by molar-refractivity contribution is -0.0228. The summed E-state index contributed by atoms with van der Waals surface area (Å²) in [7, 11) is 0. The maximum atomic E-state index is 13.0. The van der Waals surface area contributed by atoms with E-state index in [1.165, 1.54) is 0 Å². The van der Waals surface area contributed by atoms with Crippen LogP contribution in [0.5, 0.6) is 0 Å². The Balaban J connectivity index is 1.54. The van der Waals surface area contributed by atoms with Crippen molar-refractivity contribution in [3.63, 3.8) is 0 Å². The van der Waals surface area contributed by atoms with Gasteiger partial charge < -0.3 is 9.64 Å². The van der Waals surface area contributed by atoms with Crippen LogP contribution in [0.15, 0.2) is 55.2 Å². The Morgan fingerprint density at radius 1 is 1.19 bits per heavy atom. The highest BCUT2D eigenvalue weighted by Gasteiger charge is 2.26. The van der Waals surface area contributed by atoms with Gasteiger partial charge in [-0.15, -0.1) is 10.2 Å². The number of carbonyl (C=O) groups is 1. The largest absolute Gasteiger partial charge is 0.370 e. The van der Waals surface area contributed by atoms with Crippen molar-refractivity contribution in [2.24, 2.45) is 0 Å². The second kappa shape index (κ2) is 7.05. The third kappa shape index (κ3) is 3.34. The fourth-order valence-corrected chi connectivity index (χ4v) is 3.12. The number of benzene rings is 1. The van der Waals surface area contributed by atoms with E-state index in [-0.39, 0.29) is 12.0 Å². The van der Waals surface area contributed by atoms with E-state index in [2.05, 4.69) is 15.2 Å². The Hall–Kier alpha value is -3.06. The van der Waals surface area contributed by atoms with E-state index >= 15 is 0 Å². The van der Waals surface area contributed by atoms with Gasteiger partial charge in [-0.1, -0.05) is 6.07 Å². The molecule has 0 aliphatic carbocycles. The second-order valence-corrected chi connectivity index (χ2v) is 6.26. The maximum absolute atomic E-state index is 13.0. The first-order chi connectivity index (χ1) is 12.7. The number of carbonyl (C=O) groups excluding carboxylic acids is 1. The zero-order chi connectivity index (χ0) is 17.9. The molecule has 0 radical (unpaired) electrons. The van der Waals surface area contributed by atoms with Gasteiger partial charge in [0.25, 0.3) is 5.91 Å². The van der Waals surface area contributed by atoms with Gasteiger partial charge in [-0.2, -0.15) is 0 Å². The summed E-state index contributed by atoms with van der Waals surface area (Å²) in [4.78, 5) is 19.0. The van der Waals surface area contributed by atoms with Crippen LogP contribution in [0.25, 0.3) is 5.69 Å². The van der Waals surface area contributed by atoms with E-state index in [1.54, 1.807) is 23.4 Å². The summed E-state index contributed by atoms with van der Waals surface area (Å²) in [5, 5.41) is 7.62. The molecule has 3 aromatic rings. The quantitative estimate of drug-likeness (QED) is 0.725. The van der Waals surface area contributed by atoms with Crippen molar-refractivity contribution in [3.8, 4) is 5.69 Å². The lowest BCUT2D eigenvalue weighted by Crippen LogP contribution is -2.42. The van der Waals surface area contributed by atoms with Crippen molar-refractivity contribution in [2.75, 3.05) is 19.7 Å². The van der Waals surface area contributed by atoms with Crippen LogP contribution < -0.4 is 0 Å². The molecule has 0 spiro atoms. The van der Waals surface area contributed by atoms with Crippen LogP contribution in [0.4, 0.5) is 0 Å². The molecule has 0 saturated carbocycles. The number of morpholine rings is 1. The number of ether oxygens (including phenoxy) is 1. The highest BCUT2D eigenvalue weighted by molar-refractivity contribution is 5.94. The van der Waals surface area contributed by atoms with Gasteiger partial charge in [0.05, 0.1) is 13.2 Å². The first-order valence-electron chi connectivity index (χ1n) is 8.49. The fraction of sp³-hybridized carbons (Fsp3) is 0.263. The number of amides is 1. The highest BCUT2D eigenvalue weighted by Crippen LogP contribution is 2.24. The van der Waals surface area contributed by atoms with Crippen molar-refractivity contribution in [1.82, 2.24) is 24.6 Å². The van der Waals surface area contributed by atoms with E-state index in [4.69, 9.17) is 4.74 Å². The van der Waals surface area contributed by atoms with Gasteiger partial charge in [-0.3, -0.25) is 14.3 Å². The molecule has 1 atom stereocenters. The molecule has 1 aliphatic heterocycles. The molecule has 26 heavy (non-hydrogen) atoms. The molecule has 7 nitrogen and oxygen atoms in total. The van der Waals surface area contributed by atoms with E-state index in [1.807, 2.05) is 48.2 Å². The third-order valence-electron chi connectivity index (χ3n) is 4.46. The van der Waals surface area contributed by atoms with Crippen LogP contribution in [0.3, 0.4) is 0 Å². The molecule has 0 N–H and O–H groups in total. The molecule has 1 fully saturated rings. The Morgan fingerprint density at radius 3 is 2.85 bits per heavy atom. The standard InChI is InChI=1S/C19H19N5O2/c1-14-9-15(5-6-20-14)18-11-23(7-8-26-18)19(25)16-3-2-4-17(10-16)24-12-21-22-13-24/h2-6,9-10,12-13,18H,7-8,11H2,1H3/t18-/m1/s1. The molecule has 0 unspecified atom stereocenters. The Kier molecular flexibility index (Phi) is 4.45. The molecule has 3 heterocycles. The number of nitrogens with zero attached hydrogens (tertiary/aromatic N) is 5. The predicted octanol–water partition coefficient (Wildman–Crippen LogP) is 2.18. The zero-order valence-electron chi connectivity index (χ0n) is 14.4. The van der Waals surface area contributed by atoms with Crippen LogP contribution in [0.2, 0.25) is 0 Å². The molecule has 2 aromatic heterocycles. The van der Waals surface area contributed by atoms with Crippen molar-refractivity contribution in [3.05, 3.63) is 72.1 Å². The van der Waals surface area contributed by atoms with E-state index in [9.17, 15) is 4.79 Å².